The summed E-state index contributed by atoms with van der Waals surface area (Å²) < 4.78 is 15.5. The van der Waals surface area contributed by atoms with E-state index in [-0.39, 0.29) is 5.82 Å². The topological polar surface area (TPSA) is 55.1 Å². The van der Waals surface area contributed by atoms with Crippen LogP contribution in [0.4, 0.5) is 15.9 Å². The Morgan fingerprint density at radius 2 is 2.00 bits per heavy atom. The molecule has 0 spiro atoms. The standard InChI is InChI=1S/C21H19ClFN5/c1-3-4-18-20(27-19-8-6-15(23)12-28(18)19)14-9-17(22)21(25-10-14)26-16-7-5-13(2)24-11-16/h5-12H,3-4H2,1-2H3,(H,25,26). The predicted octanol–water partition coefficient (Wildman–Crippen LogP) is 5.59. The second kappa shape index (κ2) is 7.56. The van der Waals surface area contributed by atoms with Crippen LogP contribution in [0.2, 0.25) is 5.02 Å². The van der Waals surface area contributed by atoms with Gasteiger partial charge in [0.2, 0.25) is 0 Å². The number of pyridine rings is 3. The first-order chi connectivity index (χ1) is 13.5. The zero-order valence-electron chi connectivity index (χ0n) is 15.6. The number of fused-ring (bicyclic) bond motifs is 1. The van der Waals surface area contributed by atoms with Crippen molar-refractivity contribution in [3.8, 4) is 11.3 Å². The maximum absolute atomic E-state index is 13.7. The van der Waals surface area contributed by atoms with Crippen LogP contribution >= 0.6 is 11.6 Å². The molecule has 0 aliphatic carbocycles. The minimum atomic E-state index is -0.295. The van der Waals surface area contributed by atoms with Gasteiger partial charge in [-0.2, -0.15) is 0 Å². The number of halogens is 2. The van der Waals surface area contributed by atoms with E-state index in [4.69, 9.17) is 11.6 Å². The molecular weight excluding hydrogens is 377 g/mol. The first kappa shape index (κ1) is 18.4. The second-order valence-electron chi connectivity index (χ2n) is 6.60. The van der Waals surface area contributed by atoms with Gasteiger partial charge in [0.25, 0.3) is 0 Å². The number of nitrogens with zero attached hydrogens (tertiary/aromatic N) is 4. The summed E-state index contributed by atoms with van der Waals surface area (Å²) in [5.41, 5.74) is 4.95. The Morgan fingerprint density at radius 3 is 2.71 bits per heavy atom. The van der Waals surface area contributed by atoms with Crippen LogP contribution in [0.5, 0.6) is 0 Å². The summed E-state index contributed by atoms with van der Waals surface area (Å²) in [6, 6.07) is 8.75. The number of nitrogens with one attached hydrogen (secondary N) is 1. The highest BCUT2D eigenvalue weighted by Crippen LogP contribution is 2.31. The van der Waals surface area contributed by atoms with Gasteiger partial charge in [-0.05, 0) is 43.7 Å². The van der Waals surface area contributed by atoms with Gasteiger partial charge < -0.3 is 9.72 Å². The van der Waals surface area contributed by atoms with Crippen molar-refractivity contribution in [1.82, 2.24) is 19.4 Å². The van der Waals surface area contributed by atoms with Crippen LogP contribution in [0.3, 0.4) is 0 Å². The Morgan fingerprint density at radius 1 is 1.14 bits per heavy atom. The van der Waals surface area contributed by atoms with Gasteiger partial charge in [0.05, 0.1) is 28.3 Å². The first-order valence-corrected chi connectivity index (χ1v) is 9.45. The lowest BCUT2D eigenvalue weighted by molar-refractivity contribution is 0.617. The predicted molar refractivity (Wildman–Crippen MR) is 110 cm³/mol. The molecule has 0 saturated heterocycles. The van der Waals surface area contributed by atoms with Gasteiger partial charge in [0.15, 0.2) is 0 Å². The van der Waals surface area contributed by atoms with Crippen molar-refractivity contribution in [2.45, 2.75) is 26.7 Å². The number of hydrogen-bond donors (Lipinski definition) is 1. The number of imidazole rings is 1. The van der Waals surface area contributed by atoms with Gasteiger partial charge in [-0.3, -0.25) is 4.98 Å². The summed E-state index contributed by atoms with van der Waals surface area (Å²) in [6.45, 7) is 4.01. The van der Waals surface area contributed by atoms with Crippen molar-refractivity contribution in [2.24, 2.45) is 0 Å². The van der Waals surface area contributed by atoms with E-state index in [1.165, 1.54) is 12.3 Å². The van der Waals surface area contributed by atoms with Crippen molar-refractivity contribution in [3.05, 3.63) is 71.2 Å². The van der Waals surface area contributed by atoms with Gasteiger partial charge in [-0.1, -0.05) is 24.9 Å². The molecular formula is C21H19ClFN5. The average Bonchev–Trinajstić information content (AvgIpc) is 3.03. The van der Waals surface area contributed by atoms with Gasteiger partial charge >= 0.3 is 0 Å². The second-order valence-corrected chi connectivity index (χ2v) is 7.01. The Kier molecular flexibility index (Phi) is 4.96. The van der Waals surface area contributed by atoms with E-state index in [1.54, 1.807) is 22.9 Å². The van der Waals surface area contributed by atoms with Crippen LogP contribution < -0.4 is 5.32 Å². The smallest absolute Gasteiger partial charge is 0.149 e. The molecule has 1 N–H and O–H groups in total. The molecule has 0 aliphatic rings. The van der Waals surface area contributed by atoms with Crippen molar-refractivity contribution in [1.29, 1.82) is 0 Å². The number of rotatable bonds is 5. The molecule has 0 saturated carbocycles. The Hall–Kier alpha value is -2.99. The summed E-state index contributed by atoms with van der Waals surface area (Å²) in [7, 11) is 0. The molecule has 7 heteroatoms. The van der Waals surface area contributed by atoms with Gasteiger partial charge in [-0.15, -0.1) is 0 Å². The minimum Gasteiger partial charge on any atom is -0.338 e. The van der Waals surface area contributed by atoms with Crippen LogP contribution in [0, 0.1) is 12.7 Å². The third kappa shape index (κ3) is 3.55. The van der Waals surface area contributed by atoms with Crippen molar-refractivity contribution in [2.75, 3.05) is 5.32 Å². The molecule has 0 aromatic carbocycles. The number of hydrogen-bond acceptors (Lipinski definition) is 4. The average molecular weight is 396 g/mol. The van der Waals surface area contributed by atoms with Crippen LogP contribution in [0.1, 0.15) is 24.7 Å². The lowest BCUT2D eigenvalue weighted by Gasteiger charge is -2.09. The summed E-state index contributed by atoms with van der Waals surface area (Å²) in [6.07, 6.45) is 6.61. The van der Waals surface area contributed by atoms with Crippen molar-refractivity contribution < 1.29 is 4.39 Å². The third-order valence-corrected chi connectivity index (χ3v) is 4.75. The summed E-state index contributed by atoms with van der Waals surface area (Å²) >= 11 is 6.47. The molecule has 142 valence electrons. The molecule has 0 amide bonds. The molecule has 0 atom stereocenters. The highest BCUT2D eigenvalue weighted by atomic mass is 35.5. The van der Waals surface area contributed by atoms with Gasteiger partial charge in [-0.25, -0.2) is 14.4 Å². The van der Waals surface area contributed by atoms with E-state index in [1.807, 2.05) is 25.1 Å². The number of anilines is 2. The molecule has 0 unspecified atom stereocenters. The fourth-order valence-corrected chi connectivity index (χ4v) is 3.33. The van der Waals surface area contributed by atoms with Crippen molar-refractivity contribution in [3.63, 3.8) is 0 Å². The van der Waals surface area contributed by atoms with E-state index in [0.29, 0.717) is 16.5 Å². The minimum absolute atomic E-state index is 0.295. The number of aryl methyl sites for hydroxylation is 2. The van der Waals surface area contributed by atoms with Gasteiger partial charge in [0, 0.05) is 23.7 Å². The first-order valence-electron chi connectivity index (χ1n) is 9.07. The van der Waals surface area contributed by atoms with E-state index in [2.05, 4.69) is 27.2 Å². The van der Waals surface area contributed by atoms with Crippen LogP contribution in [0.25, 0.3) is 16.9 Å². The molecule has 28 heavy (non-hydrogen) atoms. The molecule has 4 aromatic heterocycles. The molecule has 5 nitrogen and oxygen atoms in total. The largest absolute Gasteiger partial charge is 0.338 e. The zero-order chi connectivity index (χ0) is 19.7. The molecule has 4 rings (SSSR count). The number of aromatic nitrogens is 4. The third-order valence-electron chi connectivity index (χ3n) is 4.46. The van der Waals surface area contributed by atoms with Crippen LogP contribution in [-0.2, 0) is 6.42 Å². The highest BCUT2D eigenvalue weighted by Gasteiger charge is 2.16. The summed E-state index contributed by atoms with van der Waals surface area (Å²) in [4.78, 5) is 13.4. The molecule has 4 aromatic rings. The Labute approximate surface area is 167 Å². The van der Waals surface area contributed by atoms with E-state index < -0.39 is 0 Å². The zero-order valence-corrected chi connectivity index (χ0v) is 16.3. The van der Waals surface area contributed by atoms with Crippen LogP contribution in [0.15, 0.2) is 48.9 Å². The molecule has 0 fully saturated rings. The normalized spacial score (nSPS) is 11.1. The molecule has 0 radical (unpaired) electrons. The quantitative estimate of drug-likeness (QED) is 0.478. The lowest BCUT2D eigenvalue weighted by atomic mass is 10.1. The molecule has 4 heterocycles. The van der Waals surface area contributed by atoms with E-state index >= 15 is 0 Å². The fourth-order valence-electron chi connectivity index (χ4n) is 3.11. The van der Waals surface area contributed by atoms with Crippen molar-refractivity contribution >= 4 is 28.8 Å². The SMILES string of the molecule is CCCc1c(-c2cnc(Nc3ccc(C)nc3)c(Cl)c2)nc2ccc(F)cn12. The molecule has 0 aliphatic heterocycles. The fraction of sp³-hybridized carbons (Fsp3) is 0.190. The monoisotopic (exact) mass is 395 g/mol. The Bertz CT molecular complexity index is 1140. The maximum Gasteiger partial charge on any atom is 0.149 e. The summed E-state index contributed by atoms with van der Waals surface area (Å²) in [5.74, 6) is 0.249. The Balaban J connectivity index is 1.72. The maximum atomic E-state index is 13.7. The van der Waals surface area contributed by atoms with E-state index in [0.717, 1.165) is 41.2 Å². The van der Waals surface area contributed by atoms with E-state index in [9.17, 15) is 4.39 Å². The highest BCUT2D eigenvalue weighted by molar-refractivity contribution is 6.33. The lowest BCUT2D eigenvalue weighted by Crippen LogP contribution is -1.98. The molecule has 0 bridgehead atoms. The van der Waals surface area contributed by atoms with Crippen LogP contribution in [-0.4, -0.2) is 19.4 Å². The summed E-state index contributed by atoms with van der Waals surface area (Å²) in [5, 5.41) is 3.65. The van der Waals surface area contributed by atoms with Gasteiger partial charge in [0.1, 0.15) is 17.3 Å².